The molecule has 0 aromatic heterocycles. The van der Waals surface area contributed by atoms with Crippen LogP contribution in [0.15, 0.2) is 28.7 Å². The molecule has 0 saturated carbocycles. The van der Waals surface area contributed by atoms with Gasteiger partial charge in [-0.05, 0) is 37.6 Å². The largest absolute Gasteiger partial charge is 0.381 e. The van der Waals surface area contributed by atoms with Crippen molar-refractivity contribution in [2.75, 3.05) is 33.4 Å². The van der Waals surface area contributed by atoms with E-state index in [0.29, 0.717) is 6.54 Å². The van der Waals surface area contributed by atoms with Crippen molar-refractivity contribution >= 4 is 15.9 Å². The number of ether oxygens (including phenoxy) is 1. The van der Waals surface area contributed by atoms with Gasteiger partial charge >= 0.3 is 0 Å². The number of nitrogens with two attached hydrogens (primary N) is 1. The Balaban J connectivity index is 1.94. The minimum absolute atomic E-state index is 0.138. The first-order chi connectivity index (χ1) is 9.13. The van der Waals surface area contributed by atoms with E-state index in [9.17, 15) is 0 Å². The smallest absolute Gasteiger partial charge is 0.0546 e. The lowest BCUT2D eigenvalue weighted by molar-refractivity contribution is -0.0192. The van der Waals surface area contributed by atoms with E-state index in [-0.39, 0.29) is 5.41 Å². The summed E-state index contributed by atoms with van der Waals surface area (Å²) in [5, 5.41) is 0. The Morgan fingerprint density at radius 2 is 2.32 bits per heavy atom. The zero-order valence-electron chi connectivity index (χ0n) is 11.6. The predicted octanol–water partition coefficient (Wildman–Crippen LogP) is 2.64. The molecule has 0 radical (unpaired) electrons. The summed E-state index contributed by atoms with van der Waals surface area (Å²) in [6, 6.07) is 8.46. The van der Waals surface area contributed by atoms with Crippen LogP contribution < -0.4 is 5.73 Å². The third-order valence-corrected chi connectivity index (χ3v) is 4.28. The van der Waals surface area contributed by atoms with Crippen molar-refractivity contribution in [3.8, 4) is 0 Å². The van der Waals surface area contributed by atoms with E-state index in [0.717, 1.165) is 37.2 Å². The molecule has 0 aliphatic carbocycles. The van der Waals surface area contributed by atoms with Crippen LogP contribution in [0.25, 0.3) is 0 Å². The number of hydrogen-bond acceptors (Lipinski definition) is 3. The fraction of sp³-hybridized carbons (Fsp3) is 0.600. The van der Waals surface area contributed by atoms with Gasteiger partial charge in [0, 0.05) is 36.1 Å². The van der Waals surface area contributed by atoms with Gasteiger partial charge in [-0.3, -0.25) is 0 Å². The molecule has 19 heavy (non-hydrogen) atoms. The van der Waals surface area contributed by atoms with Crippen LogP contribution in [0.1, 0.15) is 18.4 Å². The number of halogens is 1. The second-order valence-electron chi connectivity index (χ2n) is 5.66. The monoisotopic (exact) mass is 326 g/mol. The maximum Gasteiger partial charge on any atom is 0.0546 e. The molecule has 2 rings (SSSR count). The molecule has 2 N–H and O–H groups in total. The molecule has 1 aromatic rings. The van der Waals surface area contributed by atoms with Gasteiger partial charge in [-0.2, -0.15) is 0 Å². The zero-order chi connectivity index (χ0) is 13.7. The summed E-state index contributed by atoms with van der Waals surface area (Å²) in [5.74, 6) is 0. The summed E-state index contributed by atoms with van der Waals surface area (Å²) in [6.45, 7) is 4.33. The Morgan fingerprint density at radius 1 is 1.47 bits per heavy atom. The topological polar surface area (TPSA) is 38.5 Å². The molecule has 1 unspecified atom stereocenters. The van der Waals surface area contributed by atoms with E-state index in [2.05, 4.69) is 52.1 Å². The number of rotatable bonds is 5. The second kappa shape index (κ2) is 6.84. The fourth-order valence-electron chi connectivity index (χ4n) is 2.84. The predicted molar refractivity (Wildman–Crippen MR) is 82.0 cm³/mol. The van der Waals surface area contributed by atoms with Gasteiger partial charge in [0.05, 0.1) is 6.61 Å². The van der Waals surface area contributed by atoms with Crippen LogP contribution in [0.4, 0.5) is 0 Å². The van der Waals surface area contributed by atoms with Crippen molar-refractivity contribution in [2.24, 2.45) is 11.1 Å². The number of nitrogens with zero attached hydrogens (tertiary/aromatic N) is 1. The Hall–Kier alpha value is -0.420. The van der Waals surface area contributed by atoms with Crippen molar-refractivity contribution in [1.29, 1.82) is 0 Å². The molecule has 3 nitrogen and oxygen atoms in total. The van der Waals surface area contributed by atoms with Gasteiger partial charge in [-0.25, -0.2) is 0 Å². The standard InChI is InChI=1S/C15H23BrN2O/c1-18(9-13-4-2-5-14(16)8-13)11-15(10-17)6-3-7-19-12-15/h2,4-5,8H,3,6-7,9-12,17H2,1H3. The fourth-order valence-corrected chi connectivity index (χ4v) is 3.28. The van der Waals surface area contributed by atoms with Gasteiger partial charge in [0.2, 0.25) is 0 Å². The lowest BCUT2D eigenvalue weighted by Crippen LogP contribution is -2.46. The third kappa shape index (κ3) is 4.28. The second-order valence-corrected chi connectivity index (χ2v) is 6.58. The van der Waals surface area contributed by atoms with Crippen molar-refractivity contribution < 1.29 is 4.74 Å². The van der Waals surface area contributed by atoms with Crippen molar-refractivity contribution in [1.82, 2.24) is 4.90 Å². The summed E-state index contributed by atoms with van der Waals surface area (Å²) in [7, 11) is 2.16. The zero-order valence-corrected chi connectivity index (χ0v) is 13.2. The van der Waals surface area contributed by atoms with E-state index in [1.165, 1.54) is 12.0 Å². The van der Waals surface area contributed by atoms with E-state index in [1.54, 1.807) is 0 Å². The van der Waals surface area contributed by atoms with Crippen LogP contribution in [0.5, 0.6) is 0 Å². The average Bonchev–Trinajstić information content (AvgIpc) is 2.39. The molecular weight excluding hydrogens is 304 g/mol. The van der Waals surface area contributed by atoms with Crippen LogP contribution in [0.3, 0.4) is 0 Å². The number of hydrogen-bond donors (Lipinski definition) is 1. The normalized spacial score (nSPS) is 23.8. The van der Waals surface area contributed by atoms with Crippen LogP contribution in [-0.2, 0) is 11.3 Å². The molecule has 4 heteroatoms. The lowest BCUT2D eigenvalue weighted by Gasteiger charge is -2.39. The van der Waals surface area contributed by atoms with Gasteiger partial charge in [-0.15, -0.1) is 0 Å². The molecule has 1 fully saturated rings. The van der Waals surface area contributed by atoms with Gasteiger partial charge in [0.15, 0.2) is 0 Å². The molecule has 1 saturated heterocycles. The highest BCUT2D eigenvalue weighted by Crippen LogP contribution is 2.28. The molecule has 1 atom stereocenters. The summed E-state index contributed by atoms with van der Waals surface area (Å²) in [5.41, 5.74) is 7.45. The Morgan fingerprint density at radius 3 is 2.95 bits per heavy atom. The Labute approximate surface area is 124 Å². The lowest BCUT2D eigenvalue weighted by atomic mass is 9.82. The minimum Gasteiger partial charge on any atom is -0.381 e. The van der Waals surface area contributed by atoms with Crippen LogP contribution >= 0.6 is 15.9 Å². The van der Waals surface area contributed by atoms with E-state index in [4.69, 9.17) is 10.5 Å². The quantitative estimate of drug-likeness (QED) is 0.904. The summed E-state index contributed by atoms with van der Waals surface area (Å²) in [6.07, 6.45) is 2.30. The van der Waals surface area contributed by atoms with E-state index in [1.807, 2.05) is 0 Å². The van der Waals surface area contributed by atoms with Crippen molar-refractivity contribution in [3.05, 3.63) is 34.3 Å². The van der Waals surface area contributed by atoms with Crippen molar-refractivity contribution in [2.45, 2.75) is 19.4 Å². The number of benzene rings is 1. The van der Waals surface area contributed by atoms with Crippen LogP contribution in [-0.4, -0.2) is 38.3 Å². The molecule has 1 aliphatic rings. The minimum atomic E-state index is 0.138. The molecular formula is C15H23BrN2O. The SMILES string of the molecule is CN(Cc1cccc(Br)c1)CC1(CN)CCCOC1. The molecule has 106 valence electrons. The average molecular weight is 327 g/mol. The maximum absolute atomic E-state index is 5.99. The first kappa shape index (κ1) is 15.0. The first-order valence-corrected chi connectivity index (χ1v) is 7.64. The summed E-state index contributed by atoms with van der Waals surface area (Å²) < 4.78 is 6.76. The third-order valence-electron chi connectivity index (χ3n) is 3.78. The van der Waals surface area contributed by atoms with Crippen molar-refractivity contribution in [3.63, 3.8) is 0 Å². The van der Waals surface area contributed by atoms with Gasteiger partial charge in [-0.1, -0.05) is 28.1 Å². The summed E-state index contributed by atoms with van der Waals surface area (Å²) in [4.78, 5) is 2.35. The highest BCUT2D eigenvalue weighted by atomic mass is 79.9. The highest BCUT2D eigenvalue weighted by molar-refractivity contribution is 9.10. The maximum atomic E-state index is 5.99. The Bertz CT molecular complexity index is 405. The van der Waals surface area contributed by atoms with Crippen LogP contribution in [0, 0.1) is 5.41 Å². The highest BCUT2D eigenvalue weighted by Gasteiger charge is 2.32. The molecule has 0 bridgehead atoms. The first-order valence-electron chi connectivity index (χ1n) is 6.84. The molecule has 1 aliphatic heterocycles. The van der Waals surface area contributed by atoms with Gasteiger partial charge in [0.25, 0.3) is 0 Å². The van der Waals surface area contributed by atoms with E-state index < -0.39 is 0 Å². The van der Waals surface area contributed by atoms with Gasteiger partial charge < -0.3 is 15.4 Å². The molecule has 0 spiro atoms. The molecule has 1 aromatic carbocycles. The summed E-state index contributed by atoms with van der Waals surface area (Å²) >= 11 is 3.52. The molecule has 1 heterocycles. The molecule has 0 amide bonds. The van der Waals surface area contributed by atoms with Crippen LogP contribution in [0.2, 0.25) is 0 Å². The Kier molecular flexibility index (Phi) is 5.39. The van der Waals surface area contributed by atoms with E-state index >= 15 is 0 Å². The van der Waals surface area contributed by atoms with Gasteiger partial charge in [0.1, 0.15) is 0 Å².